The number of hydrogen-bond donors (Lipinski definition) is 0. The molecule has 0 saturated heterocycles. The molecule has 0 fully saturated rings. The molecule has 0 aliphatic rings. The van der Waals surface area contributed by atoms with Gasteiger partial charge in [0, 0.05) is 17.0 Å². The summed E-state index contributed by atoms with van der Waals surface area (Å²) >= 11 is 2.46. The zero-order chi connectivity index (χ0) is 18.6. The third-order valence-corrected chi connectivity index (χ3v) is 5.04. The topological polar surface area (TPSA) is 40.6 Å². The highest BCUT2D eigenvalue weighted by atomic mass is 32.2. The summed E-state index contributed by atoms with van der Waals surface area (Å²) in [7, 11) is 0. The Hall–Kier alpha value is -1.90. The van der Waals surface area contributed by atoms with Crippen LogP contribution in [0.3, 0.4) is 0 Å². The first-order valence-corrected chi connectivity index (χ1v) is 9.41. The molecule has 0 saturated carbocycles. The van der Waals surface area contributed by atoms with Crippen LogP contribution in [0, 0.1) is 0 Å². The number of halogens is 2. The number of alkyl halides is 2. The number of rotatable bonds is 8. The van der Waals surface area contributed by atoms with Crippen LogP contribution in [0.1, 0.15) is 13.8 Å². The molecule has 138 valence electrons. The van der Waals surface area contributed by atoms with E-state index in [1.54, 1.807) is 23.5 Å². The number of nitrogens with zero attached hydrogens (tertiary/aromatic N) is 1. The van der Waals surface area contributed by atoms with E-state index in [1.165, 1.54) is 6.20 Å². The van der Waals surface area contributed by atoms with Crippen molar-refractivity contribution >= 4 is 33.7 Å². The number of aromatic nitrogens is 1. The van der Waals surface area contributed by atoms with E-state index in [9.17, 15) is 8.78 Å². The lowest BCUT2D eigenvalue weighted by atomic mass is 10.2. The van der Waals surface area contributed by atoms with Gasteiger partial charge in [-0.3, -0.25) is 9.17 Å². The Kier molecular flexibility index (Phi) is 5.95. The van der Waals surface area contributed by atoms with E-state index in [0.717, 1.165) is 34.2 Å². The molecule has 0 N–H and O–H groups in total. The summed E-state index contributed by atoms with van der Waals surface area (Å²) in [6.45, 7) is 2.53. The van der Waals surface area contributed by atoms with Gasteiger partial charge in [0.25, 0.3) is 5.92 Å². The van der Waals surface area contributed by atoms with Gasteiger partial charge in [0.2, 0.25) is 12.3 Å². The lowest BCUT2D eigenvalue weighted by molar-refractivity contribution is -0.0230. The molecule has 0 bridgehead atoms. The maximum absolute atomic E-state index is 12.9. The molecule has 2 aromatic heterocycles. The van der Waals surface area contributed by atoms with Gasteiger partial charge >= 0.3 is 0 Å². The van der Waals surface area contributed by atoms with Crippen LogP contribution in [-0.2, 0) is 4.18 Å². The van der Waals surface area contributed by atoms with Crippen LogP contribution in [0.25, 0.3) is 20.7 Å². The Labute approximate surface area is 158 Å². The summed E-state index contributed by atoms with van der Waals surface area (Å²) in [5.74, 6) is -1.92. The van der Waals surface area contributed by atoms with E-state index in [0.29, 0.717) is 23.8 Å². The second-order valence-corrected chi connectivity index (χ2v) is 7.14. The minimum atomic E-state index is -2.89. The molecule has 26 heavy (non-hydrogen) atoms. The highest BCUT2D eigenvalue weighted by Gasteiger charge is 2.22. The Morgan fingerprint density at radius 3 is 2.69 bits per heavy atom. The number of thiophene rings is 1. The fourth-order valence-corrected chi connectivity index (χ4v) is 3.73. The van der Waals surface area contributed by atoms with Gasteiger partial charge in [-0.05, 0) is 31.2 Å². The van der Waals surface area contributed by atoms with Crippen LogP contribution in [0.2, 0.25) is 0 Å². The van der Waals surface area contributed by atoms with Crippen LogP contribution in [0.4, 0.5) is 8.78 Å². The van der Waals surface area contributed by atoms with Crippen LogP contribution in [-0.4, -0.2) is 24.1 Å². The average molecular weight is 397 g/mol. The summed E-state index contributed by atoms with van der Waals surface area (Å²) in [4.78, 5) is 5.18. The largest absolute Gasteiger partial charge is 0.486 e. The van der Waals surface area contributed by atoms with Gasteiger partial charge in [-0.25, -0.2) is 8.78 Å². The molecule has 2 heterocycles. The molecule has 3 rings (SSSR count). The van der Waals surface area contributed by atoms with Gasteiger partial charge < -0.3 is 8.92 Å². The average Bonchev–Trinajstić information content (AvgIpc) is 2.99. The zero-order valence-corrected chi connectivity index (χ0v) is 15.8. The molecule has 0 aliphatic carbocycles. The lowest BCUT2D eigenvalue weighted by Crippen LogP contribution is -2.20. The molecule has 3 aromatic rings. The molecule has 8 heteroatoms. The summed E-state index contributed by atoms with van der Waals surface area (Å²) in [6.07, 6.45) is 1.44. The molecule has 0 radical (unpaired) electrons. The predicted octanol–water partition coefficient (Wildman–Crippen LogP) is 5.98. The number of hydrogen-bond acceptors (Lipinski definition) is 6. The van der Waals surface area contributed by atoms with Gasteiger partial charge in [-0.15, -0.1) is 11.3 Å². The van der Waals surface area contributed by atoms with E-state index in [-0.39, 0.29) is 0 Å². The summed E-state index contributed by atoms with van der Waals surface area (Å²) in [5, 5.41) is 0.965. The predicted molar refractivity (Wildman–Crippen MR) is 101 cm³/mol. The number of benzene rings is 1. The minimum Gasteiger partial charge on any atom is -0.486 e. The van der Waals surface area contributed by atoms with Crippen LogP contribution >= 0.6 is 23.7 Å². The molecule has 0 unspecified atom stereocenters. The highest BCUT2D eigenvalue weighted by Crippen LogP contribution is 2.45. The van der Waals surface area contributed by atoms with Crippen LogP contribution < -0.4 is 8.92 Å². The van der Waals surface area contributed by atoms with E-state index in [4.69, 9.17) is 13.1 Å². The molecule has 0 spiro atoms. The third kappa shape index (κ3) is 4.63. The first kappa shape index (κ1) is 18.9. The zero-order valence-electron chi connectivity index (χ0n) is 14.2. The summed E-state index contributed by atoms with van der Waals surface area (Å²) < 4.78 is 42.9. The Bertz CT molecular complexity index is 863. The van der Waals surface area contributed by atoms with Gasteiger partial charge in [0.15, 0.2) is 12.4 Å². The SMILES string of the molecule is CCOSOc1c(-c2ccc(OCC(C)(F)F)cn2)sc2ccccc12. The second-order valence-electron chi connectivity index (χ2n) is 5.55. The van der Waals surface area contributed by atoms with Crippen molar-refractivity contribution in [2.24, 2.45) is 0 Å². The second kappa shape index (κ2) is 8.20. The summed E-state index contributed by atoms with van der Waals surface area (Å²) in [5.41, 5.74) is 0.675. The van der Waals surface area contributed by atoms with Crippen LogP contribution in [0.5, 0.6) is 11.5 Å². The van der Waals surface area contributed by atoms with Crippen LogP contribution in [0.15, 0.2) is 42.6 Å². The van der Waals surface area contributed by atoms with Crippen molar-refractivity contribution in [2.75, 3.05) is 13.2 Å². The quantitative estimate of drug-likeness (QED) is 0.346. The monoisotopic (exact) mass is 397 g/mol. The maximum Gasteiger partial charge on any atom is 0.278 e. The first-order valence-electron chi connectivity index (χ1n) is 7.92. The fourth-order valence-electron chi connectivity index (χ4n) is 2.19. The van der Waals surface area contributed by atoms with Crippen molar-refractivity contribution in [3.63, 3.8) is 0 Å². The number of pyridine rings is 1. The Morgan fingerprint density at radius 2 is 2.00 bits per heavy atom. The van der Waals surface area contributed by atoms with E-state index >= 15 is 0 Å². The van der Waals surface area contributed by atoms with E-state index in [1.807, 2.05) is 31.2 Å². The third-order valence-electron chi connectivity index (χ3n) is 3.29. The van der Waals surface area contributed by atoms with Gasteiger partial charge in [-0.1, -0.05) is 12.1 Å². The molecule has 1 aromatic carbocycles. The Balaban J connectivity index is 1.88. The molecule has 4 nitrogen and oxygen atoms in total. The molecular formula is C18H17F2NO3S2. The fraction of sp³-hybridized carbons (Fsp3) is 0.278. The van der Waals surface area contributed by atoms with Gasteiger partial charge in [-0.2, -0.15) is 0 Å². The first-order chi connectivity index (χ1) is 12.5. The van der Waals surface area contributed by atoms with Crippen molar-refractivity contribution in [1.29, 1.82) is 0 Å². The number of ether oxygens (including phenoxy) is 1. The van der Waals surface area contributed by atoms with Crippen molar-refractivity contribution in [3.8, 4) is 22.1 Å². The Morgan fingerprint density at radius 1 is 1.19 bits per heavy atom. The van der Waals surface area contributed by atoms with E-state index in [2.05, 4.69) is 4.98 Å². The normalized spacial score (nSPS) is 11.7. The van der Waals surface area contributed by atoms with Crippen molar-refractivity contribution in [1.82, 2.24) is 4.98 Å². The molecule has 0 amide bonds. The number of fused-ring (bicyclic) bond motifs is 1. The molecular weight excluding hydrogens is 380 g/mol. The lowest BCUT2D eigenvalue weighted by Gasteiger charge is -2.11. The van der Waals surface area contributed by atoms with Crippen molar-refractivity contribution in [3.05, 3.63) is 42.6 Å². The minimum absolute atomic E-state index is 0.294. The van der Waals surface area contributed by atoms with Crippen molar-refractivity contribution < 1.29 is 21.9 Å². The van der Waals surface area contributed by atoms with Gasteiger partial charge in [0.05, 0.1) is 23.4 Å². The van der Waals surface area contributed by atoms with E-state index < -0.39 is 12.5 Å². The maximum atomic E-state index is 12.9. The summed E-state index contributed by atoms with van der Waals surface area (Å²) in [6, 6.07) is 11.2. The highest BCUT2D eigenvalue weighted by molar-refractivity contribution is 7.90. The molecule has 0 aliphatic heterocycles. The van der Waals surface area contributed by atoms with Crippen molar-refractivity contribution in [2.45, 2.75) is 19.8 Å². The standard InChI is InChI=1S/C18H17F2NO3S2/c1-3-23-26-24-16-13-6-4-5-7-15(13)25-17(16)14-9-8-12(10-21-14)22-11-18(2,19)20/h4-10H,3,11H2,1-2H3. The van der Waals surface area contributed by atoms with Gasteiger partial charge in [0.1, 0.15) is 5.75 Å². The molecule has 0 atom stereocenters. The smallest absolute Gasteiger partial charge is 0.278 e.